The molecule has 1 atom stereocenters. The van der Waals surface area contributed by atoms with Gasteiger partial charge in [0.2, 0.25) is 0 Å². The third-order valence-corrected chi connectivity index (χ3v) is 5.78. The average Bonchev–Trinajstić information content (AvgIpc) is 3.39. The van der Waals surface area contributed by atoms with Crippen molar-refractivity contribution in [3.63, 3.8) is 0 Å². The van der Waals surface area contributed by atoms with E-state index in [4.69, 9.17) is 24.5 Å². The summed E-state index contributed by atoms with van der Waals surface area (Å²) < 4.78 is 13.2. The fourth-order valence-electron chi connectivity index (χ4n) is 3.98. The third-order valence-electron chi connectivity index (χ3n) is 5.78. The summed E-state index contributed by atoms with van der Waals surface area (Å²) in [5.74, 6) is 2.24. The van der Waals surface area contributed by atoms with Gasteiger partial charge in [-0.15, -0.1) is 0 Å². The quantitative estimate of drug-likeness (QED) is 0.430. The number of ether oxygens (including phenoxy) is 2. The van der Waals surface area contributed by atoms with Crippen LogP contribution in [0.2, 0.25) is 0 Å². The molecular weight excluding hydrogens is 414 g/mol. The Morgan fingerprint density at radius 3 is 2.33 bits per heavy atom. The van der Waals surface area contributed by atoms with Gasteiger partial charge in [-0.05, 0) is 11.6 Å². The van der Waals surface area contributed by atoms with Crippen molar-refractivity contribution >= 4 is 5.82 Å². The van der Waals surface area contributed by atoms with Gasteiger partial charge in [-0.2, -0.15) is 5.10 Å². The highest BCUT2D eigenvalue weighted by atomic mass is 16.5. The molecule has 5 rings (SSSR count). The molecule has 1 aliphatic heterocycles. The maximum absolute atomic E-state index is 5.85. The molecule has 0 aliphatic carbocycles. The number of rotatable bonds is 7. The molecule has 0 radical (unpaired) electrons. The molecule has 2 aromatic carbocycles. The standard InChI is InChI=1S/C26H27N5O2/c1-32-23(18-20-8-4-2-5-9-20)26-27-24(30-14-16-33-17-15-30)19-25(28-26)31-13-12-22(29-31)21-10-6-3-7-11-21/h2-13,19,23H,14-18H2,1H3. The van der Waals surface area contributed by atoms with E-state index in [1.165, 1.54) is 5.56 Å². The summed E-state index contributed by atoms with van der Waals surface area (Å²) >= 11 is 0. The number of anilines is 1. The molecule has 0 saturated carbocycles. The van der Waals surface area contributed by atoms with E-state index < -0.39 is 0 Å². The molecule has 7 heteroatoms. The highest BCUT2D eigenvalue weighted by Gasteiger charge is 2.21. The second kappa shape index (κ2) is 9.94. The number of hydrogen-bond acceptors (Lipinski definition) is 6. The number of methoxy groups -OCH3 is 1. The van der Waals surface area contributed by atoms with Crippen molar-refractivity contribution in [1.82, 2.24) is 19.7 Å². The predicted octanol–water partition coefficient (Wildman–Crippen LogP) is 4.10. The van der Waals surface area contributed by atoms with Crippen LogP contribution < -0.4 is 4.90 Å². The fourth-order valence-corrected chi connectivity index (χ4v) is 3.98. The van der Waals surface area contributed by atoms with E-state index in [1.807, 2.05) is 59.4 Å². The van der Waals surface area contributed by atoms with Gasteiger partial charge in [0, 0.05) is 44.4 Å². The first-order valence-corrected chi connectivity index (χ1v) is 11.2. The zero-order chi connectivity index (χ0) is 22.5. The van der Waals surface area contributed by atoms with Crippen LogP contribution in [-0.2, 0) is 15.9 Å². The topological polar surface area (TPSA) is 65.3 Å². The van der Waals surface area contributed by atoms with E-state index in [1.54, 1.807) is 7.11 Å². The van der Waals surface area contributed by atoms with Crippen molar-refractivity contribution in [1.29, 1.82) is 0 Å². The van der Waals surface area contributed by atoms with Gasteiger partial charge in [0.05, 0.1) is 18.9 Å². The Bertz CT molecular complexity index is 1170. The summed E-state index contributed by atoms with van der Waals surface area (Å²) in [5, 5.41) is 4.79. The SMILES string of the molecule is COC(Cc1ccccc1)c1nc(N2CCOCC2)cc(-n2ccc(-c3ccccc3)n2)n1. The molecule has 1 fully saturated rings. The molecule has 4 aromatic rings. The fraction of sp³-hybridized carbons (Fsp3) is 0.269. The van der Waals surface area contributed by atoms with Crippen LogP contribution in [0.25, 0.3) is 17.1 Å². The number of aromatic nitrogens is 4. The monoisotopic (exact) mass is 441 g/mol. The summed E-state index contributed by atoms with van der Waals surface area (Å²) in [6.45, 7) is 2.96. The van der Waals surface area contributed by atoms with Gasteiger partial charge < -0.3 is 14.4 Å². The Morgan fingerprint density at radius 1 is 0.909 bits per heavy atom. The van der Waals surface area contributed by atoms with Gasteiger partial charge in [-0.1, -0.05) is 60.7 Å². The smallest absolute Gasteiger partial charge is 0.162 e. The number of benzene rings is 2. The van der Waals surface area contributed by atoms with E-state index in [-0.39, 0.29) is 6.10 Å². The lowest BCUT2D eigenvalue weighted by atomic mass is 10.1. The van der Waals surface area contributed by atoms with Crippen LogP contribution in [0.3, 0.4) is 0 Å². The predicted molar refractivity (Wildman–Crippen MR) is 128 cm³/mol. The molecule has 1 unspecified atom stereocenters. The molecule has 0 amide bonds. The molecule has 33 heavy (non-hydrogen) atoms. The van der Waals surface area contributed by atoms with Gasteiger partial charge in [-0.3, -0.25) is 0 Å². The van der Waals surface area contributed by atoms with E-state index in [9.17, 15) is 0 Å². The second-order valence-corrected chi connectivity index (χ2v) is 7.97. The van der Waals surface area contributed by atoms with Gasteiger partial charge >= 0.3 is 0 Å². The minimum absolute atomic E-state index is 0.267. The first-order valence-electron chi connectivity index (χ1n) is 11.2. The van der Waals surface area contributed by atoms with Crippen LogP contribution in [-0.4, -0.2) is 53.2 Å². The van der Waals surface area contributed by atoms with E-state index >= 15 is 0 Å². The maximum atomic E-state index is 5.85. The van der Waals surface area contributed by atoms with Crippen LogP contribution in [0.1, 0.15) is 17.5 Å². The van der Waals surface area contributed by atoms with Gasteiger partial charge in [0.25, 0.3) is 0 Å². The van der Waals surface area contributed by atoms with Crippen LogP contribution in [0, 0.1) is 0 Å². The Hall–Kier alpha value is -3.55. The second-order valence-electron chi connectivity index (χ2n) is 7.97. The Labute approximate surface area is 193 Å². The van der Waals surface area contributed by atoms with Crippen LogP contribution in [0.15, 0.2) is 79.0 Å². The lowest BCUT2D eigenvalue weighted by Gasteiger charge is -2.28. The zero-order valence-electron chi connectivity index (χ0n) is 18.7. The summed E-state index contributed by atoms with van der Waals surface area (Å²) in [6, 6.07) is 24.4. The minimum Gasteiger partial charge on any atom is -0.378 e. The van der Waals surface area contributed by atoms with Crippen molar-refractivity contribution in [3.8, 4) is 17.1 Å². The number of nitrogens with zero attached hydrogens (tertiary/aromatic N) is 5. The first kappa shape index (κ1) is 21.3. The van der Waals surface area contributed by atoms with Crippen molar-refractivity contribution in [2.24, 2.45) is 0 Å². The molecule has 168 valence electrons. The average molecular weight is 442 g/mol. The lowest BCUT2D eigenvalue weighted by Crippen LogP contribution is -2.37. The molecule has 1 saturated heterocycles. The van der Waals surface area contributed by atoms with E-state index in [0.29, 0.717) is 25.5 Å². The highest BCUT2D eigenvalue weighted by Crippen LogP contribution is 2.25. The van der Waals surface area contributed by atoms with Crippen LogP contribution in [0.5, 0.6) is 0 Å². The van der Waals surface area contributed by atoms with E-state index in [0.717, 1.165) is 36.0 Å². The Morgan fingerprint density at radius 2 is 1.61 bits per heavy atom. The summed E-state index contributed by atoms with van der Waals surface area (Å²) in [4.78, 5) is 12.0. The van der Waals surface area contributed by atoms with Gasteiger partial charge in [0.15, 0.2) is 11.6 Å². The highest BCUT2D eigenvalue weighted by molar-refractivity contribution is 5.58. The molecule has 3 heterocycles. The Kier molecular flexibility index (Phi) is 6.41. The van der Waals surface area contributed by atoms with Gasteiger partial charge in [-0.25, -0.2) is 14.6 Å². The molecule has 1 aliphatic rings. The molecule has 2 aromatic heterocycles. The molecule has 7 nitrogen and oxygen atoms in total. The zero-order valence-corrected chi connectivity index (χ0v) is 18.7. The normalized spacial score (nSPS) is 14.9. The third kappa shape index (κ3) is 4.94. The van der Waals surface area contributed by atoms with Gasteiger partial charge in [0.1, 0.15) is 11.9 Å². The van der Waals surface area contributed by atoms with E-state index in [2.05, 4.69) is 29.2 Å². The summed E-state index contributed by atoms with van der Waals surface area (Å²) in [5.41, 5.74) is 3.14. The van der Waals surface area contributed by atoms with Crippen molar-refractivity contribution < 1.29 is 9.47 Å². The van der Waals surface area contributed by atoms with Crippen molar-refractivity contribution in [2.75, 3.05) is 38.3 Å². The lowest BCUT2D eigenvalue weighted by molar-refractivity contribution is 0.0958. The molecule has 0 bridgehead atoms. The van der Waals surface area contributed by atoms with Crippen LogP contribution in [0.4, 0.5) is 5.82 Å². The minimum atomic E-state index is -0.267. The van der Waals surface area contributed by atoms with Crippen molar-refractivity contribution in [3.05, 3.63) is 90.4 Å². The Balaban J connectivity index is 1.52. The molecule has 0 spiro atoms. The number of hydrogen-bond donors (Lipinski definition) is 0. The van der Waals surface area contributed by atoms with Crippen LogP contribution >= 0.6 is 0 Å². The first-order chi connectivity index (χ1) is 16.3. The largest absolute Gasteiger partial charge is 0.378 e. The summed E-state index contributed by atoms with van der Waals surface area (Å²) in [6.07, 6.45) is 2.37. The summed E-state index contributed by atoms with van der Waals surface area (Å²) in [7, 11) is 1.71. The molecule has 0 N–H and O–H groups in total. The molecular formula is C26H27N5O2. The number of morpholine rings is 1. The maximum Gasteiger partial charge on any atom is 0.162 e. The van der Waals surface area contributed by atoms with Crippen molar-refractivity contribution in [2.45, 2.75) is 12.5 Å².